The number of nitrogens with one attached hydrogen (secondary N) is 2. The number of likely N-dealkylation sites (tertiary alicyclic amines) is 1. The lowest BCUT2D eigenvalue weighted by atomic mass is 10.1. The first-order valence-corrected chi connectivity index (χ1v) is 12.5. The minimum Gasteiger partial charge on any atom is -0.335 e. The zero-order valence-corrected chi connectivity index (χ0v) is 19.2. The number of anilines is 1. The van der Waals surface area contributed by atoms with Gasteiger partial charge in [0.1, 0.15) is 4.90 Å². The number of carbonyl (C=O) groups excluding carboxylic acids is 1. The van der Waals surface area contributed by atoms with Crippen LogP contribution in [0.4, 0.5) is 5.69 Å². The number of aromatic nitrogens is 1. The van der Waals surface area contributed by atoms with Gasteiger partial charge in [-0.15, -0.1) is 0 Å². The number of nitrogens with zero attached hydrogens (tertiary/aromatic N) is 2. The van der Waals surface area contributed by atoms with Crippen LogP contribution in [-0.4, -0.2) is 43.3 Å². The molecule has 1 aliphatic heterocycles. The smallest absolute Gasteiger partial charge is 0.264 e. The van der Waals surface area contributed by atoms with E-state index in [9.17, 15) is 13.2 Å². The van der Waals surface area contributed by atoms with Crippen LogP contribution in [-0.2, 0) is 16.6 Å². The number of para-hydroxylation sites is 1. The van der Waals surface area contributed by atoms with Crippen molar-refractivity contribution in [3.63, 3.8) is 0 Å². The van der Waals surface area contributed by atoms with Crippen molar-refractivity contribution in [2.75, 3.05) is 17.8 Å². The van der Waals surface area contributed by atoms with Crippen LogP contribution in [0.3, 0.4) is 0 Å². The summed E-state index contributed by atoms with van der Waals surface area (Å²) in [6.45, 7) is 2.07. The number of fused-ring (bicyclic) bond motifs is 1. The number of carbonyl (C=O) groups is 1. The molecule has 1 amide bonds. The molecule has 34 heavy (non-hydrogen) atoms. The quantitative estimate of drug-likeness (QED) is 0.428. The van der Waals surface area contributed by atoms with Gasteiger partial charge in [-0.05, 0) is 42.0 Å². The summed E-state index contributed by atoms with van der Waals surface area (Å²) >= 11 is 0. The van der Waals surface area contributed by atoms with Gasteiger partial charge in [0.15, 0.2) is 0 Å². The summed E-state index contributed by atoms with van der Waals surface area (Å²) in [6.07, 6.45) is 1.57. The van der Waals surface area contributed by atoms with Crippen LogP contribution < -0.4 is 10.0 Å². The van der Waals surface area contributed by atoms with Crippen molar-refractivity contribution in [1.29, 1.82) is 0 Å². The summed E-state index contributed by atoms with van der Waals surface area (Å²) in [6, 6.07) is 25.5. The minimum absolute atomic E-state index is 0.0644. The molecule has 4 aromatic rings. The van der Waals surface area contributed by atoms with E-state index in [1.807, 2.05) is 30.3 Å². The molecule has 0 bridgehead atoms. The van der Waals surface area contributed by atoms with Crippen LogP contribution >= 0.6 is 0 Å². The third-order valence-corrected chi connectivity index (χ3v) is 7.29. The lowest BCUT2D eigenvalue weighted by Crippen LogP contribution is -2.59. The molecule has 2 heterocycles. The van der Waals surface area contributed by atoms with Gasteiger partial charge in [-0.25, -0.2) is 8.42 Å². The van der Waals surface area contributed by atoms with E-state index in [0.29, 0.717) is 29.9 Å². The fourth-order valence-corrected chi connectivity index (χ4v) is 5.24. The van der Waals surface area contributed by atoms with Crippen LogP contribution in [0.1, 0.15) is 15.9 Å². The van der Waals surface area contributed by atoms with Gasteiger partial charge in [0.2, 0.25) is 0 Å². The molecule has 8 heteroatoms. The first-order chi connectivity index (χ1) is 16.5. The number of pyridine rings is 1. The molecule has 0 radical (unpaired) electrons. The van der Waals surface area contributed by atoms with E-state index in [0.717, 1.165) is 11.9 Å². The molecule has 3 aromatic carbocycles. The van der Waals surface area contributed by atoms with Gasteiger partial charge >= 0.3 is 0 Å². The maximum Gasteiger partial charge on any atom is 0.264 e. The second kappa shape index (κ2) is 9.24. The molecule has 1 aromatic heterocycles. The standard InChI is InChI=1S/C26H24N4O3S/c31-26(30-17-23(18-30)28-16-19-6-2-1-3-7-19)21-11-13-22(14-12-21)29-34(32,33)24-10-4-8-20-9-5-15-27-25(20)24/h1-15,23,28-29H,16-18H2. The number of amides is 1. The van der Waals surface area contributed by atoms with Crippen LogP contribution in [0.2, 0.25) is 0 Å². The fraction of sp³-hybridized carbons (Fsp3) is 0.154. The van der Waals surface area contributed by atoms with E-state index >= 15 is 0 Å². The van der Waals surface area contributed by atoms with Gasteiger partial charge in [-0.1, -0.05) is 48.5 Å². The first-order valence-electron chi connectivity index (χ1n) is 11.0. The Balaban J connectivity index is 1.20. The van der Waals surface area contributed by atoms with E-state index in [4.69, 9.17) is 0 Å². The molecule has 7 nitrogen and oxygen atoms in total. The summed E-state index contributed by atoms with van der Waals surface area (Å²) in [5.74, 6) is -0.0644. The molecular weight excluding hydrogens is 448 g/mol. The first kappa shape index (κ1) is 22.1. The van der Waals surface area contributed by atoms with Crippen LogP contribution in [0.25, 0.3) is 10.9 Å². The molecule has 0 atom stereocenters. The van der Waals surface area contributed by atoms with Crippen molar-refractivity contribution in [2.24, 2.45) is 0 Å². The molecule has 0 spiro atoms. The summed E-state index contributed by atoms with van der Waals surface area (Å²) in [7, 11) is -3.84. The van der Waals surface area contributed by atoms with Crippen LogP contribution in [0, 0.1) is 0 Å². The summed E-state index contributed by atoms with van der Waals surface area (Å²) < 4.78 is 28.5. The van der Waals surface area contributed by atoms with E-state index < -0.39 is 10.0 Å². The average Bonchev–Trinajstić information content (AvgIpc) is 2.83. The minimum atomic E-state index is -3.84. The molecule has 0 unspecified atom stereocenters. The Kier molecular flexibility index (Phi) is 6.00. The molecule has 0 saturated carbocycles. The highest BCUT2D eigenvalue weighted by atomic mass is 32.2. The molecule has 1 aliphatic rings. The number of rotatable bonds is 7. The SMILES string of the molecule is O=C(c1ccc(NS(=O)(=O)c2cccc3cccnc23)cc1)N1CC(NCc2ccccc2)C1. The molecule has 172 valence electrons. The predicted molar refractivity (Wildman–Crippen MR) is 132 cm³/mol. The maximum atomic E-state index is 13.0. The van der Waals surface area contributed by atoms with Crippen molar-refractivity contribution in [3.05, 3.63) is 102 Å². The average molecular weight is 473 g/mol. The Bertz CT molecular complexity index is 1410. The van der Waals surface area contributed by atoms with Crippen LogP contribution in [0.5, 0.6) is 0 Å². The predicted octanol–water partition coefficient (Wildman–Crippen LogP) is 3.65. The van der Waals surface area contributed by atoms with Crippen molar-refractivity contribution >= 4 is 32.5 Å². The third kappa shape index (κ3) is 4.64. The second-order valence-electron chi connectivity index (χ2n) is 8.29. The molecule has 1 fully saturated rings. The molecular formula is C26H24N4O3S. The van der Waals surface area contributed by atoms with Gasteiger partial charge in [-0.2, -0.15) is 0 Å². The fourth-order valence-electron chi connectivity index (χ4n) is 4.00. The number of benzene rings is 3. The Morgan fingerprint density at radius 3 is 2.41 bits per heavy atom. The summed E-state index contributed by atoms with van der Waals surface area (Å²) in [4.78, 5) is 18.9. The molecule has 1 saturated heterocycles. The van der Waals surface area contributed by atoms with Crippen molar-refractivity contribution < 1.29 is 13.2 Å². The Morgan fingerprint density at radius 2 is 1.65 bits per heavy atom. The van der Waals surface area contributed by atoms with Crippen molar-refractivity contribution in [1.82, 2.24) is 15.2 Å². The zero-order valence-electron chi connectivity index (χ0n) is 18.4. The van der Waals surface area contributed by atoms with Gasteiger partial charge < -0.3 is 10.2 Å². The Morgan fingerprint density at radius 1 is 0.912 bits per heavy atom. The van der Waals surface area contributed by atoms with Gasteiger partial charge in [0.05, 0.1) is 5.52 Å². The third-order valence-electron chi connectivity index (χ3n) is 5.88. The second-order valence-corrected chi connectivity index (χ2v) is 9.94. The van der Waals surface area contributed by atoms with Crippen LogP contribution in [0.15, 0.2) is 96.0 Å². The van der Waals surface area contributed by atoms with Crippen molar-refractivity contribution in [2.45, 2.75) is 17.5 Å². The highest BCUT2D eigenvalue weighted by molar-refractivity contribution is 7.93. The Labute approximate surface area is 198 Å². The largest absolute Gasteiger partial charge is 0.335 e. The van der Waals surface area contributed by atoms with Gasteiger partial charge in [-0.3, -0.25) is 14.5 Å². The highest BCUT2D eigenvalue weighted by Gasteiger charge is 2.30. The van der Waals surface area contributed by atoms with E-state index in [2.05, 4.69) is 27.2 Å². The molecule has 2 N–H and O–H groups in total. The summed E-state index contributed by atoms with van der Waals surface area (Å²) in [5.41, 5.74) is 2.54. The van der Waals surface area contributed by atoms with Crippen molar-refractivity contribution in [3.8, 4) is 0 Å². The normalized spacial score (nSPS) is 14.1. The number of sulfonamides is 1. The van der Waals surface area contributed by atoms with E-state index in [-0.39, 0.29) is 16.8 Å². The van der Waals surface area contributed by atoms with E-state index in [1.54, 1.807) is 47.5 Å². The van der Waals surface area contributed by atoms with Gasteiger partial charge in [0, 0.05) is 48.5 Å². The Hall–Kier alpha value is -3.75. The zero-order chi connectivity index (χ0) is 23.5. The number of hydrogen-bond acceptors (Lipinski definition) is 5. The number of hydrogen-bond donors (Lipinski definition) is 2. The maximum absolute atomic E-state index is 13.0. The highest BCUT2D eigenvalue weighted by Crippen LogP contribution is 2.24. The van der Waals surface area contributed by atoms with E-state index in [1.165, 1.54) is 11.6 Å². The van der Waals surface area contributed by atoms with Gasteiger partial charge in [0.25, 0.3) is 15.9 Å². The lowest BCUT2D eigenvalue weighted by Gasteiger charge is -2.40. The summed E-state index contributed by atoms with van der Waals surface area (Å²) in [5, 5.41) is 4.21. The topological polar surface area (TPSA) is 91.4 Å². The lowest BCUT2D eigenvalue weighted by molar-refractivity contribution is 0.0566. The molecule has 5 rings (SSSR count). The monoisotopic (exact) mass is 472 g/mol. The molecule has 0 aliphatic carbocycles.